The Labute approximate surface area is 102 Å². The molecule has 0 saturated carbocycles. The first-order chi connectivity index (χ1) is 7.80. The van der Waals surface area contributed by atoms with Gasteiger partial charge in [-0.2, -0.15) is 0 Å². The highest BCUT2D eigenvalue weighted by molar-refractivity contribution is 8.05. The lowest BCUT2D eigenvalue weighted by atomic mass is 10.1. The van der Waals surface area contributed by atoms with Crippen LogP contribution in [0.3, 0.4) is 0 Å². The quantitative estimate of drug-likeness (QED) is 0.763. The number of rotatable bonds is 2. The van der Waals surface area contributed by atoms with E-state index < -0.39 is 15.1 Å². The monoisotopic (exact) mass is 256 g/mol. The fourth-order valence-corrected chi connectivity index (χ4v) is 3.27. The van der Waals surface area contributed by atoms with Crippen LogP contribution in [0.2, 0.25) is 0 Å². The maximum Gasteiger partial charge on any atom is 0.429 e. The van der Waals surface area contributed by atoms with Gasteiger partial charge in [-0.25, -0.2) is 13.2 Å². The molecule has 0 aromatic heterocycles. The van der Waals surface area contributed by atoms with Crippen molar-refractivity contribution in [3.63, 3.8) is 0 Å². The van der Waals surface area contributed by atoms with Crippen LogP contribution in [-0.2, 0) is 14.6 Å². The van der Waals surface area contributed by atoms with Crippen molar-refractivity contribution in [2.75, 3.05) is 6.61 Å². The van der Waals surface area contributed by atoms with Crippen molar-refractivity contribution >= 4 is 15.1 Å². The zero-order chi connectivity index (χ0) is 13.2. The van der Waals surface area contributed by atoms with Crippen molar-refractivity contribution in [2.45, 2.75) is 32.6 Å². The Morgan fingerprint density at radius 3 is 2.06 bits per heavy atom. The summed E-state index contributed by atoms with van der Waals surface area (Å²) in [7, 11) is -4.04. The van der Waals surface area contributed by atoms with Gasteiger partial charge < -0.3 is 4.74 Å². The molecule has 5 heteroatoms. The zero-order valence-corrected chi connectivity index (χ0v) is 11.2. The van der Waals surface area contributed by atoms with E-state index >= 15 is 0 Å². The van der Waals surface area contributed by atoms with E-state index in [9.17, 15) is 13.2 Å². The maximum atomic E-state index is 12.0. The van der Waals surface area contributed by atoms with Gasteiger partial charge in [-0.05, 0) is 38.8 Å². The number of benzene rings is 1. The molecule has 0 radical (unpaired) electrons. The van der Waals surface area contributed by atoms with Crippen LogP contribution in [-0.4, -0.2) is 20.3 Å². The zero-order valence-electron chi connectivity index (χ0n) is 10.4. The van der Waals surface area contributed by atoms with Crippen LogP contribution in [0.15, 0.2) is 17.0 Å². The molecular weight excluding hydrogens is 240 g/mol. The second-order valence-corrected chi connectivity index (χ2v) is 5.66. The van der Waals surface area contributed by atoms with Gasteiger partial charge in [-0.3, -0.25) is 0 Å². The molecule has 0 unspecified atom stereocenters. The Morgan fingerprint density at radius 1 is 1.18 bits per heavy atom. The van der Waals surface area contributed by atoms with Crippen LogP contribution in [0.5, 0.6) is 0 Å². The van der Waals surface area contributed by atoms with E-state index in [1.54, 1.807) is 32.9 Å². The van der Waals surface area contributed by atoms with Crippen LogP contribution in [0, 0.1) is 20.8 Å². The summed E-state index contributed by atoms with van der Waals surface area (Å²) in [5.74, 6) is 0. The van der Waals surface area contributed by atoms with Crippen molar-refractivity contribution in [2.24, 2.45) is 0 Å². The van der Waals surface area contributed by atoms with E-state index in [0.29, 0.717) is 11.1 Å². The summed E-state index contributed by atoms with van der Waals surface area (Å²) in [5, 5.41) is -1.19. The van der Waals surface area contributed by atoms with Gasteiger partial charge >= 0.3 is 5.30 Å². The first-order valence-electron chi connectivity index (χ1n) is 5.30. The molecule has 0 aliphatic carbocycles. The number of hydrogen-bond acceptors (Lipinski definition) is 4. The lowest BCUT2D eigenvalue weighted by molar-refractivity contribution is 0.178. The highest BCUT2D eigenvalue weighted by Crippen LogP contribution is 2.23. The minimum Gasteiger partial charge on any atom is -0.454 e. The van der Waals surface area contributed by atoms with E-state index in [-0.39, 0.29) is 11.5 Å². The molecule has 0 spiro atoms. The van der Waals surface area contributed by atoms with Crippen molar-refractivity contribution in [1.82, 2.24) is 0 Å². The van der Waals surface area contributed by atoms with Crippen molar-refractivity contribution < 1.29 is 17.9 Å². The fraction of sp³-hybridized carbons (Fsp3) is 0.417. The normalized spacial score (nSPS) is 11.3. The molecule has 1 aromatic rings. The molecule has 0 heterocycles. The summed E-state index contributed by atoms with van der Waals surface area (Å²) in [6.07, 6.45) is 0. The molecule has 0 atom stereocenters. The lowest BCUT2D eigenvalue weighted by Crippen LogP contribution is -2.18. The summed E-state index contributed by atoms with van der Waals surface area (Å²) in [6.45, 7) is 6.84. The molecule has 1 aromatic carbocycles. The highest BCUT2D eigenvalue weighted by Gasteiger charge is 2.29. The molecular formula is C12H16O4S. The predicted octanol–water partition coefficient (Wildman–Crippen LogP) is 2.54. The Hall–Kier alpha value is -1.36. The average Bonchev–Trinajstić information content (AvgIpc) is 2.15. The van der Waals surface area contributed by atoms with Gasteiger partial charge in [0.1, 0.15) is 0 Å². The van der Waals surface area contributed by atoms with Gasteiger partial charge in [0.15, 0.2) is 0 Å². The summed E-state index contributed by atoms with van der Waals surface area (Å²) in [4.78, 5) is 11.5. The Morgan fingerprint density at radius 2 is 1.65 bits per heavy atom. The summed E-state index contributed by atoms with van der Waals surface area (Å²) in [5.41, 5.74) is 2.09. The van der Waals surface area contributed by atoms with Crippen LogP contribution in [0.25, 0.3) is 0 Å². The molecule has 94 valence electrons. The fourth-order valence-electron chi connectivity index (χ4n) is 1.87. The smallest absolute Gasteiger partial charge is 0.429 e. The van der Waals surface area contributed by atoms with Crippen LogP contribution in [0.4, 0.5) is 4.79 Å². The van der Waals surface area contributed by atoms with E-state index in [1.165, 1.54) is 0 Å². The van der Waals surface area contributed by atoms with Crippen molar-refractivity contribution in [1.29, 1.82) is 0 Å². The average molecular weight is 256 g/mol. The van der Waals surface area contributed by atoms with E-state index in [0.717, 1.165) is 5.56 Å². The summed E-state index contributed by atoms with van der Waals surface area (Å²) >= 11 is 0. The van der Waals surface area contributed by atoms with Gasteiger partial charge in [0, 0.05) is 0 Å². The topological polar surface area (TPSA) is 60.4 Å². The Kier molecular flexibility index (Phi) is 3.93. The SMILES string of the molecule is CCOC(=O)S(=O)(=O)c1c(C)cc(C)cc1C. The van der Waals surface area contributed by atoms with Gasteiger partial charge in [-0.15, -0.1) is 0 Å². The molecule has 0 aliphatic heterocycles. The molecule has 0 fully saturated rings. The van der Waals surface area contributed by atoms with Gasteiger partial charge in [0.05, 0.1) is 11.5 Å². The van der Waals surface area contributed by atoms with E-state index in [2.05, 4.69) is 4.74 Å². The maximum absolute atomic E-state index is 12.0. The van der Waals surface area contributed by atoms with E-state index in [4.69, 9.17) is 0 Å². The molecule has 0 saturated heterocycles. The molecule has 0 bridgehead atoms. The van der Waals surface area contributed by atoms with Gasteiger partial charge in [-0.1, -0.05) is 17.7 Å². The van der Waals surface area contributed by atoms with Gasteiger partial charge in [0.2, 0.25) is 0 Å². The first kappa shape index (κ1) is 13.7. The molecule has 4 nitrogen and oxygen atoms in total. The second kappa shape index (κ2) is 4.87. The molecule has 1 rings (SSSR count). The molecule has 0 N–H and O–H groups in total. The van der Waals surface area contributed by atoms with Gasteiger partial charge in [0.25, 0.3) is 9.84 Å². The van der Waals surface area contributed by atoms with Crippen molar-refractivity contribution in [3.8, 4) is 0 Å². The third-order valence-corrected chi connectivity index (χ3v) is 4.09. The summed E-state index contributed by atoms with van der Waals surface area (Å²) in [6, 6.07) is 3.47. The number of aryl methyl sites for hydroxylation is 3. The van der Waals surface area contributed by atoms with E-state index in [1.807, 2.05) is 6.92 Å². The Bertz CT molecular complexity index is 521. The lowest BCUT2D eigenvalue weighted by Gasteiger charge is -2.10. The second-order valence-electron chi connectivity index (χ2n) is 3.91. The van der Waals surface area contributed by atoms with Crippen LogP contribution >= 0.6 is 0 Å². The third-order valence-electron chi connectivity index (χ3n) is 2.36. The van der Waals surface area contributed by atoms with Crippen LogP contribution in [0.1, 0.15) is 23.6 Å². The Balaban J connectivity index is 3.39. The number of hydrogen-bond donors (Lipinski definition) is 0. The predicted molar refractivity (Wildman–Crippen MR) is 64.9 cm³/mol. The molecule has 17 heavy (non-hydrogen) atoms. The standard InChI is InChI=1S/C12H16O4S/c1-5-16-12(13)17(14,15)11-9(3)6-8(2)7-10(11)4/h6-7H,5H2,1-4H3. The minimum absolute atomic E-state index is 0.0437. The number of carbonyl (C=O) groups is 1. The number of ether oxygens (including phenoxy) is 1. The van der Waals surface area contributed by atoms with Crippen molar-refractivity contribution in [3.05, 3.63) is 28.8 Å². The molecule has 0 aliphatic rings. The third kappa shape index (κ3) is 2.66. The largest absolute Gasteiger partial charge is 0.454 e. The first-order valence-corrected chi connectivity index (χ1v) is 6.78. The number of carbonyl (C=O) groups excluding carboxylic acids is 1. The molecule has 0 amide bonds. The highest BCUT2D eigenvalue weighted by atomic mass is 32.2. The van der Waals surface area contributed by atoms with Crippen LogP contribution < -0.4 is 0 Å². The summed E-state index contributed by atoms with van der Waals surface area (Å²) < 4.78 is 28.6. The number of sulfone groups is 1. The minimum atomic E-state index is -4.04.